The molecule has 0 aliphatic carbocycles. The number of pyridine rings is 1. The van der Waals surface area contributed by atoms with Gasteiger partial charge in [0.2, 0.25) is 0 Å². The van der Waals surface area contributed by atoms with Crippen LogP contribution in [-0.4, -0.2) is 40.3 Å². The molecule has 0 aromatic carbocycles. The molecular formula is C16H23FN2O3. The average Bonchev–Trinajstić information content (AvgIpc) is 2.78. The molecule has 1 atom stereocenters. The zero-order chi connectivity index (χ0) is 16.4. The van der Waals surface area contributed by atoms with Crippen molar-refractivity contribution in [1.29, 1.82) is 0 Å². The number of carbonyl (C=O) groups is 1. The zero-order valence-corrected chi connectivity index (χ0v) is 13.6. The van der Waals surface area contributed by atoms with Gasteiger partial charge in [0.05, 0.1) is 24.9 Å². The molecule has 2 rings (SSSR count). The number of aromatic nitrogens is 1. The van der Waals surface area contributed by atoms with Gasteiger partial charge in [-0.1, -0.05) is 0 Å². The highest BCUT2D eigenvalue weighted by Gasteiger charge is 2.38. The number of likely N-dealkylation sites (tertiary alicyclic amines) is 1. The van der Waals surface area contributed by atoms with Crippen LogP contribution in [0.5, 0.6) is 0 Å². The minimum Gasteiger partial charge on any atom is -0.444 e. The van der Waals surface area contributed by atoms with E-state index in [-0.39, 0.29) is 18.5 Å². The van der Waals surface area contributed by atoms with Crippen LogP contribution < -0.4 is 0 Å². The van der Waals surface area contributed by atoms with Crippen LogP contribution in [0.3, 0.4) is 0 Å². The summed E-state index contributed by atoms with van der Waals surface area (Å²) < 4.78 is 24.4. The first-order valence-electron chi connectivity index (χ1n) is 7.38. The van der Waals surface area contributed by atoms with Gasteiger partial charge in [-0.25, -0.2) is 9.18 Å². The zero-order valence-electron chi connectivity index (χ0n) is 13.6. The summed E-state index contributed by atoms with van der Waals surface area (Å²) in [5.41, 5.74) is -0.287. The number of amides is 1. The molecule has 0 spiro atoms. The summed E-state index contributed by atoms with van der Waals surface area (Å²) in [6.45, 7) is 8.79. The Morgan fingerprint density at radius 1 is 1.45 bits per heavy atom. The van der Waals surface area contributed by atoms with E-state index in [2.05, 4.69) is 4.98 Å². The first kappa shape index (κ1) is 16.7. The Morgan fingerprint density at radius 2 is 2.18 bits per heavy atom. The molecule has 5 nitrogen and oxygen atoms in total. The lowest BCUT2D eigenvalue weighted by Gasteiger charge is -2.27. The lowest BCUT2D eigenvalue weighted by Crippen LogP contribution is -2.39. The second-order valence-corrected chi connectivity index (χ2v) is 6.90. The Bertz CT molecular complexity index is 544. The molecule has 1 unspecified atom stereocenters. The van der Waals surface area contributed by atoms with Crippen molar-refractivity contribution in [3.05, 3.63) is 29.8 Å². The van der Waals surface area contributed by atoms with Gasteiger partial charge in [0.1, 0.15) is 11.4 Å². The molecule has 0 N–H and O–H groups in total. The smallest absolute Gasteiger partial charge is 0.410 e. The van der Waals surface area contributed by atoms with Crippen molar-refractivity contribution < 1.29 is 18.7 Å². The number of carbonyl (C=O) groups excluding carboxylic acids is 1. The van der Waals surface area contributed by atoms with Crippen LogP contribution in [0.15, 0.2) is 18.5 Å². The molecule has 0 bridgehead atoms. The number of ether oxygens (including phenoxy) is 2. The Kier molecular flexibility index (Phi) is 4.70. The number of halogens is 1. The van der Waals surface area contributed by atoms with Crippen LogP contribution in [0, 0.1) is 5.82 Å². The van der Waals surface area contributed by atoms with Crippen LogP contribution in [0.25, 0.3) is 0 Å². The van der Waals surface area contributed by atoms with Gasteiger partial charge in [0.25, 0.3) is 0 Å². The highest BCUT2D eigenvalue weighted by Crippen LogP contribution is 2.27. The van der Waals surface area contributed by atoms with Gasteiger partial charge >= 0.3 is 6.09 Å². The van der Waals surface area contributed by atoms with E-state index in [9.17, 15) is 9.18 Å². The summed E-state index contributed by atoms with van der Waals surface area (Å²) in [5, 5.41) is 0. The summed E-state index contributed by atoms with van der Waals surface area (Å²) in [6, 6.07) is 1.40. The van der Waals surface area contributed by atoms with Crippen LogP contribution in [-0.2, 0) is 16.1 Å². The fourth-order valence-electron chi connectivity index (χ4n) is 2.33. The maximum Gasteiger partial charge on any atom is 0.410 e. The van der Waals surface area contributed by atoms with E-state index in [1.807, 2.05) is 27.7 Å². The SMILES string of the molecule is CC(C)(C)OC(=O)N1CCC(C)(OCc2cncc(F)c2)C1. The molecule has 6 heteroatoms. The maximum absolute atomic E-state index is 13.1. The molecule has 1 aromatic rings. The van der Waals surface area contributed by atoms with Crippen LogP contribution in [0.4, 0.5) is 9.18 Å². The van der Waals surface area contributed by atoms with Crippen molar-refractivity contribution in [3.8, 4) is 0 Å². The van der Waals surface area contributed by atoms with Gasteiger partial charge in [0.15, 0.2) is 0 Å². The Hall–Kier alpha value is -1.69. The monoisotopic (exact) mass is 310 g/mol. The van der Waals surface area contributed by atoms with E-state index in [1.54, 1.807) is 11.1 Å². The minimum atomic E-state index is -0.510. The molecule has 1 aromatic heterocycles. The average molecular weight is 310 g/mol. The lowest BCUT2D eigenvalue weighted by atomic mass is 10.1. The van der Waals surface area contributed by atoms with Gasteiger partial charge in [-0.15, -0.1) is 0 Å². The molecule has 0 radical (unpaired) electrons. The standard InChI is InChI=1S/C16H23FN2O3/c1-15(2,3)22-14(20)19-6-5-16(4,11-19)21-10-12-7-13(17)9-18-8-12/h7-9H,5-6,10-11H2,1-4H3. The highest BCUT2D eigenvalue weighted by atomic mass is 19.1. The minimum absolute atomic E-state index is 0.267. The topological polar surface area (TPSA) is 51.7 Å². The van der Waals surface area contributed by atoms with Crippen LogP contribution in [0.2, 0.25) is 0 Å². The molecule has 22 heavy (non-hydrogen) atoms. The van der Waals surface area contributed by atoms with Crippen molar-refractivity contribution in [1.82, 2.24) is 9.88 Å². The molecule has 1 aliphatic rings. The molecule has 0 saturated carbocycles. The largest absolute Gasteiger partial charge is 0.444 e. The van der Waals surface area contributed by atoms with Gasteiger partial charge in [-0.2, -0.15) is 0 Å². The molecule has 1 amide bonds. The van der Waals surface area contributed by atoms with Crippen LogP contribution >= 0.6 is 0 Å². The van der Waals surface area contributed by atoms with Gasteiger partial charge in [0, 0.05) is 12.7 Å². The van der Waals surface area contributed by atoms with E-state index in [1.165, 1.54) is 6.07 Å². The van der Waals surface area contributed by atoms with Crippen molar-refractivity contribution in [2.45, 2.75) is 51.9 Å². The Labute approximate surface area is 130 Å². The second kappa shape index (κ2) is 6.20. The fraction of sp³-hybridized carbons (Fsp3) is 0.625. The third kappa shape index (κ3) is 4.66. The molecule has 1 fully saturated rings. The van der Waals surface area contributed by atoms with Crippen molar-refractivity contribution in [2.75, 3.05) is 13.1 Å². The Balaban J connectivity index is 1.89. The third-order valence-corrected chi connectivity index (χ3v) is 3.44. The van der Waals surface area contributed by atoms with E-state index >= 15 is 0 Å². The summed E-state index contributed by atoms with van der Waals surface area (Å²) in [6.07, 6.45) is 3.12. The first-order chi connectivity index (χ1) is 10.2. The number of hydrogen-bond acceptors (Lipinski definition) is 4. The van der Waals surface area contributed by atoms with Gasteiger partial charge < -0.3 is 14.4 Å². The normalized spacial score (nSPS) is 22.0. The molecule has 1 aliphatic heterocycles. The third-order valence-electron chi connectivity index (χ3n) is 3.44. The predicted molar refractivity (Wildman–Crippen MR) is 79.8 cm³/mol. The van der Waals surface area contributed by atoms with E-state index in [0.29, 0.717) is 18.7 Å². The molecule has 1 saturated heterocycles. The van der Waals surface area contributed by atoms with E-state index in [4.69, 9.17) is 9.47 Å². The summed E-state index contributed by atoms with van der Waals surface area (Å²) in [5.74, 6) is -0.381. The molecular weight excluding hydrogens is 287 g/mol. The highest BCUT2D eigenvalue weighted by molar-refractivity contribution is 5.68. The maximum atomic E-state index is 13.1. The fourth-order valence-corrected chi connectivity index (χ4v) is 2.33. The number of hydrogen-bond donors (Lipinski definition) is 0. The van der Waals surface area contributed by atoms with Gasteiger partial charge in [-0.3, -0.25) is 4.98 Å². The number of rotatable bonds is 3. The van der Waals surface area contributed by atoms with E-state index in [0.717, 1.165) is 12.6 Å². The van der Waals surface area contributed by atoms with Crippen molar-refractivity contribution in [3.63, 3.8) is 0 Å². The molecule has 122 valence electrons. The van der Waals surface area contributed by atoms with E-state index < -0.39 is 11.2 Å². The summed E-state index contributed by atoms with van der Waals surface area (Å²) in [4.78, 5) is 17.5. The predicted octanol–water partition coefficient (Wildman–Crippen LogP) is 3.14. The lowest BCUT2D eigenvalue weighted by molar-refractivity contribution is -0.0376. The first-order valence-corrected chi connectivity index (χ1v) is 7.38. The summed E-state index contributed by atoms with van der Waals surface area (Å²) >= 11 is 0. The quantitative estimate of drug-likeness (QED) is 0.860. The number of nitrogens with zero attached hydrogens (tertiary/aromatic N) is 2. The second-order valence-electron chi connectivity index (χ2n) is 6.90. The van der Waals surface area contributed by atoms with Crippen molar-refractivity contribution >= 4 is 6.09 Å². The van der Waals surface area contributed by atoms with Crippen molar-refractivity contribution in [2.24, 2.45) is 0 Å². The Morgan fingerprint density at radius 3 is 2.82 bits per heavy atom. The summed E-state index contributed by atoms with van der Waals surface area (Å²) in [7, 11) is 0. The molecule has 2 heterocycles. The van der Waals surface area contributed by atoms with Gasteiger partial charge in [-0.05, 0) is 45.7 Å². The van der Waals surface area contributed by atoms with Crippen LogP contribution in [0.1, 0.15) is 39.7 Å².